The van der Waals surface area contributed by atoms with Crippen molar-refractivity contribution in [2.75, 3.05) is 25.5 Å². The number of rotatable bonds is 8. The Labute approximate surface area is 117 Å². The number of nitrogens with one attached hydrogen (secondary N) is 1. The molecule has 1 N–H and O–H groups in total. The topological polar surface area (TPSA) is 41.1 Å². The molecule has 1 heterocycles. The Hall–Kier alpha value is -1.16. The predicted molar refractivity (Wildman–Crippen MR) is 81.3 cm³/mol. The Bertz CT molecular complexity index is 376. The fourth-order valence-electron chi connectivity index (χ4n) is 1.84. The molecule has 4 nitrogen and oxygen atoms in total. The van der Waals surface area contributed by atoms with E-state index >= 15 is 0 Å². The molecule has 0 saturated heterocycles. The molecule has 0 aliphatic rings. The molecule has 0 aliphatic heterocycles. The van der Waals surface area contributed by atoms with E-state index in [2.05, 4.69) is 48.0 Å². The summed E-state index contributed by atoms with van der Waals surface area (Å²) < 4.78 is 0. The van der Waals surface area contributed by atoms with Gasteiger partial charge in [0.1, 0.15) is 11.6 Å². The summed E-state index contributed by atoms with van der Waals surface area (Å²) in [5, 5.41) is 3.33. The van der Waals surface area contributed by atoms with Gasteiger partial charge in [-0.1, -0.05) is 20.8 Å². The second-order valence-electron chi connectivity index (χ2n) is 5.66. The van der Waals surface area contributed by atoms with Crippen LogP contribution in [0.25, 0.3) is 0 Å². The number of anilines is 1. The van der Waals surface area contributed by atoms with E-state index in [1.165, 1.54) is 6.42 Å². The molecule has 0 unspecified atom stereocenters. The Morgan fingerprint density at radius 2 is 2.05 bits per heavy atom. The number of aryl methyl sites for hydroxylation is 1. The maximum atomic E-state index is 4.57. The van der Waals surface area contributed by atoms with Crippen molar-refractivity contribution in [3.63, 3.8) is 0 Å². The number of aromatic nitrogens is 2. The zero-order valence-corrected chi connectivity index (χ0v) is 13.0. The second kappa shape index (κ2) is 8.10. The van der Waals surface area contributed by atoms with Gasteiger partial charge in [0.25, 0.3) is 0 Å². The highest BCUT2D eigenvalue weighted by Gasteiger charge is 2.06. The van der Waals surface area contributed by atoms with E-state index in [1.54, 1.807) is 0 Å². The molecule has 19 heavy (non-hydrogen) atoms. The summed E-state index contributed by atoms with van der Waals surface area (Å²) in [6, 6.07) is 2.01. The predicted octanol–water partition coefficient (Wildman–Crippen LogP) is 3.08. The minimum atomic E-state index is 0.739. The number of nitrogens with zero attached hydrogens (tertiary/aromatic N) is 3. The fourth-order valence-corrected chi connectivity index (χ4v) is 1.84. The van der Waals surface area contributed by atoms with E-state index in [-0.39, 0.29) is 0 Å². The monoisotopic (exact) mass is 264 g/mol. The minimum Gasteiger partial charge on any atom is -0.370 e. The van der Waals surface area contributed by atoms with E-state index in [4.69, 9.17) is 0 Å². The van der Waals surface area contributed by atoms with Gasteiger partial charge in [0.15, 0.2) is 0 Å². The fraction of sp³-hybridized carbons (Fsp3) is 0.733. The molecule has 0 radical (unpaired) electrons. The van der Waals surface area contributed by atoms with Crippen molar-refractivity contribution in [1.82, 2.24) is 14.9 Å². The SMILES string of the molecule is CCCNc1cc(C)nc(CN(C)CCC(C)C)n1. The van der Waals surface area contributed by atoms with Crippen LogP contribution in [-0.2, 0) is 6.54 Å². The van der Waals surface area contributed by atoms with E-state index in [0.717, 1.165) is 49.3 Å². The molecule has 0 bridgehead atoms. The molecule has 1 aromatic heterocycles. The largest absolute Gasteiger partial charge is 0.370 e. The molecule has 108 valence electrons. The minimum absolute atomic E-state index is 0.739. The molecule has 0 amide bonds. The van der Waals surface area contributed by atoms with Crippen molar-refractivity contribution in [2.45, 2.75) is 47.1 Å². The maximum absolute atomic E-state index is 4.57. The molecule has 0 saturated carbocycles. The smallest absolute Gasteiger partial charge is 0.144 e. The lowest BCUT2D eigenvalue weighted by Crippen LogP contribution is -2.22. The van der Waals surface area contributed by atoms with E-state index in [9.17, 15) is 0 Å². The lowest BCUT2D eigenvalue weighted by molar-refractivity contribution is 0.296. The standard InChI is InChI=1S/C15H28N4/c1-6-8-16-14-10-13(4)17-15(18-14)11-19(5)9-7-12(2)3/h10,12H,6-9,11H2,1-5H3,(H,16,17,18). The highest BCUT2D eigenvalue weighted by molar-refractivity contribution is 5.35. The van der Waals surface area contributed by atoms with Crippen LogP contribution in [0.3, 0.4) is 0 Å². The summed E-state index contributed by atoms with van der Waals surface area (Å²) in [4.78, 5) is 11.4. The Balaban J connectivity index is 2.59. The van der Waals surface area contributed by atoms with Gasteiger partial charge in [0, 0.05) is 18.3 Å². The first-order valence-corrected chi connectivity index (χ1v) is 7.28. The van der Waals surface area contributed by atoms with Crippen molar-refractivity contribution >= 4 is 5.82 Å². The molecule has 0 spiro atoms. The first-order valence-electron chi connectivity index (χ1n) is 7.28. The average Bonchev–Trinajstić information content (AvgIpc) is 2.33. The van der Waals surface area contributed by atoms with Crippen LogP contribution in [0.2, 0.25) is 0 Å². The highest BCUT2D eigenvalue weighted by Crippen LogP contribution is 2.09. The summed E-state index contributed by atoms with van der Waals surface area (Å²) in [6.45, 7) is 11.5. The summed E-state index contributed by atoms with van der Waals surface area (Å²) in [5.41, 5.74) is 1.03. The summed E-state index contributed by atoms with van der Waals surface area (Å²) in [6.07, 6.45) is 2.32. The third-order valence-electron chi connectivity index (χ3n) is 2.96. The van der Waals surface area contributed by atoms with Crippen LogP contribution in [0.5, 0.6) is 0 Å². The van der Waals surface area contributed by atoms with Crippen molar-refractivity contribution in [3.05, 3.63) is 17.6 Å². The summed E-state index contributed by atoms with van der Waals surface area (Å²) in [5.74, 6) is 2.59. The van der Waals surface area contributed by atoms with Gasteiger partial charge in [-0.3, -0.25) is 4.90 Å². The van der Waals surface area contributed by atoms with Gasteiger partial charge in [0.2, 0.25) is 0 Å². The summed E-state index contributed by atoms with van der Waals surface area (Å²) >= 11 is 0. The third kappa shape index (κ3) is 6.53. The summed E-state index contributed by atoms with van der Waals surface area (Å²) in [7, 11) is 2.13. The van der Waals surface area contributed by atoms with Crippen LogP contribution < -0.4 is 5.32 Å². The molecular weight excluding hydrogens is 236 g/mol. The zero-order valence-electron chi connectivity index (χ0n) is 13.0. The van der Waals surface area contributed by atoms with Gasteiger partial charge in [-0.05, 0) is 39.3 Å². The lowest BCUT2D eigenvalue weighted by Gasteiger charge is -2.17. The van der Waals surface area contributed by atoms with Gasteiger partial charge in [-0.25, -0.2) is 9.97 Å². The van der Waals surface area contributed by atoms with Crippen molar-refractivity contribution in [1.29, 1.82) is 0 Å². The van der Waals surface area contributed by atoms with Gasteiger partial charge in [0.05, 0.1) is 6.54 Å². The van der Waals surface area contributed by atoms with Gasteiger partial charge in [-0.15, -0.1) is 0 Å². The molecule has 0 aliphatic carbocycles. The van der Waals surface area contributed by atoms with Crippen LogP contribution in [0.15, 0.2) is 6.07 Å². The molecule has 0 aromatic carbocycles. The first kappa shape index (κ1) is 15.9. The molecule has 1 aromatic rings. The quantitative estimate of drug-likeness (QED) is 0.783. The normalized spacial score (nSPS) is 11.3. The lowest BCUT2D eigenvalue weighted by atomic mass is 10.1. The van der Waals surface area contributed by atoms with Gasteiger partial charge in [-0.2, -0.15) is 0 Å². The van der Waals surface area contributed by atoms with Crippen molar-refractivity contribution in [2.24, 2.45) is 5.92 Å². The van der Waals surface area contributed by atoms with Gasteiger partial charge >= 0.3 is 0 Å². The van der Waals surface area contributed by atoms with Crippen LogP contribution in [0.4, 0.5) is 5.82 Å². The first-order chi connectivity index (χ1) is 9.01. The number of hydrogen-bond acceptors (Lipinski definition) is 4. The van der Waals surface area contributed by atoms with E-state index in [1.807, 2.05) is 13.0 Å². The van der Waals surface area contributed by atoms with Crippen LogP contribution in [-0.4, -0.2) is 35.0 Å². The van der Waals surface area contributed by atoms with E-state index in [0.29, 0.717) is 0 Å². The molecule has 1 rings (SSSR count). The van der Waals surface area contributed by atoms with Crippen LogP contribution in [0, 0.1) is 12.8 Å². The Morgan fingerprint density at radius 1 is 1.32 bits per heavy atom. The van der Waals surface area contributed by atoms with Crippen molar-refractivity contribution < 1.29 is 0 Å². The number of hydrogen-bond donors (Lipinski definition) is 1. The average molecular weight is 264 g/mol. The maximum Gasteiger partial charge on any atom is 0.144 e. The Morgan fingerprint density at radius 3 is 2.68 bits per heavy atom. The van der Waals surface area contributed by atoms with Gasteiger partial charge < -0.3 is 5.32 Å². The van der Waals surface area contributed by atoms with Crippen molar-refractivity contribution in [3.8, 4) is 0 Å². The zero-order chi connectivity index (χ0) is 14.3. The van der Waals surface area contributed by atoms with Crippen LogP contribution in [0.1, 0.15) is 45.1 Å². The third-order valence-corrected chi connectivity index (χ3v) is 2.96. The molecule has 0 fully saturated rings. The molecule has 4 heteroatoms. The molecule has 0 atom stereocenters. The van der Waals surface area contributed by atoms with Crippen LogP contribution >= 0.6 is 0 Å². The second-order valence-corrected chi connectivity index (χ2v) is 5.66. The van der Waals surface area contributed by atoms with E-state index < -0.39 is 0 Å². The Kier molecular flexibility index (Phi) is 6.78. The molecular formula is C15H28N4. The highest BCUT2D eigenvalue weighted by atomic mass is 15.1.